The number of hydrogen-bond donors (Lipinski definition) is 0. The van der Waals surface area contributed by atoms with Gasteiger partial charge in [0.15, 0.2) is 0 Å². The van der Waals surface area contributed by atoms with E-state index in [9.17, 15) is 4.79 Å². The maximum Gasteiger partial charge on any atom is 0.200 e. The molecule has 21 heavy (non-hydrogen) atoms. The van der Waals surface area contributed by atoms with Crippen LogP contribution in [0.5, 0.6) is 5.75 Å². The van der Waals surface area contributed by atoms with E-state index in [-0.39, 0.29) is 5.78 Å². The van der Waals surface area contributed by atoms with Crippen LogP contribution in [0, 0.1) is 0 Å². The number of furan rings is 1. The summed E-state index contributed by atoms with van der Waals surface area (Å²) in [6.07, 6.45) is 2.42. The van der Waals surface area contributed by atoms with Gasteiger partial charge in [0.05, 0.1) is 17.7 Å². The van der Waals surface area contributed by atoms with Gasteiger partial charge < -0.3 is 9.15 Å². The second-order valence-corrected chi connectivity index (χ2v) is 4.82. The highest BCUT2D eigenvalue weighted by Crippen LogP contribution is 2.27. The molecule has 0 bridgehead atoms. The highest BCUT2D eigenvalue weighted by molar-refractivity contribution is 6.17. The Bertz CT molecular complexity index is 771. The minimum absolute atomic E-state index is 0.0772. The van der Waals surface area contributed by atoms with Gasteiger partial charge >= 0.3 is 0 Å². The number of ether oxygens (including phenoxy) is 1. The number of para-hydroxylation sites is 2. The molecule has 3 nitrogen and oxygen atoms in total. The van der Waals surface area contributed by atoms with Crippen LogP contribution >= 0.6 is 0 Å². The second kappa shape index (κ2) is 5.83. The Balaban J connectivity index is 2.02. The fourth-order valence-electron chi connectivity index (χ4n) is 2.29. The normalized spacial score (nSPS) is 10.7. The molecule has 1 aromatic heterocycles. The molecule has 0 saturated carbocycles. The van der Waals surface area contributed by atoms with Crippen molar-refractivity contribution in [2.75, 3.05) is 6.61 Å². The Kier molecular flexibility index (Phi) is 3.73. The molecule has 0 aliphatic rings. The van der Waals surface area contributed by atoms with E-state index in [0.29, 0.717) is 29.1 Å². The number of ketones is 1. The summed E-state index contributed by atoms with van der Waals surface area (Å²) < 4.78 is 11.1. The molecular weight excluding hydrogens is 264 g/mol. The minimum atomic E-state index is -0.0772. The average Bonchev–Trinajstić information content (AvgIpc) is 2.96. The van der Waals surface area contributed by atoms with Crippen LogP contribution < -0.4 is 4.74 Å². The van der Waals surface area contributed by atoms with E-state index in [0.717, 1.165) is 11.8 Å². The van der Waals surface area contributed by atoms with E-state index in [1.165, 1.54) is 6.26 Å². The fourth-order valence-corrected chi connectivity index (χ4v) is 2.29. The van der Waals surface area contributed by atoms with Gasteiger partial charge in [-0.05, 0) is 24.6 Å². The lowest BCUT2D eigenvalue weighted by atomic mass is 10.0. The molecular formula is C18H16O3. The van der Waals surface area contributed by atoms with Crippen molar-refractivity contribution in [1.82, 2.24) is 0 Å². The lowest BCUT2D eigenvalue weighted by Crippen LogP contribution is -2.05. The average molecular weight is 280 g/mol. The van der Waals surface area contributed by atoms with E-state index < -0.39 is 0 Å². The number of hydrogen-bond acceptors (Lipinski definition) is 3. The van der Waals surface area contributed by atoms with Crippen LogP contribution in [0.1, 0.15) is 29.3 Å². The summed E-state index contributed by atoms with van der Waals surface area (Å²) in [5.41, 5.74) is 1.85. The Hall–Kier alpha value is -2.55. The topological polar surface area (TPSA) is 39.4 Å². The maximum absolute atomic E-state index is 12.8. The molecule has 0 radical (unpaired) electrons. The monoisotopic (exact) mass is 280 g/mol. The molecule has 106 valence electrons. The number of rotatable bonds is 5. The van der Waals surface area contributed by atoms with E-state index in [4.69, 9.17) is 9.15 Å². The van der Waals surface area contributed by atoms with Crippen molar-refractivity contribution < 1.29 is 13.9 Å². The van der Waals surface area contributed by atoms with Gasteiger partial charge in [-0.25, -0.2) is 0 Å². The summed E-state index contributed by atoms with van der Waals surface area (Å²) in [4.78, 5) is 12.8. The summed E-state index contributed by atoms with van der Waals surface area (Å²) in [6.45, 7) is 2.63. The SMILES string of the molecule is CCCOc1ccccc1C(=O)c1coc2ccccc12. The standard InChI is InChI=1S/C18H16O3/c1-2-11-20-17-10-6-4-8-14(17)18(19)15-12-21-16-9-5-3-7-13(15)16/h3-10,12H,2,11H2,1H3. The Morgan fingerprint density at radius 2 is 1.81 bits per heavy atom. The van der Waals surface area contributed by atoms with Crippen LogP contribution in [0.2, 0.25) is 0 Å². The van der Waals surface area contributed by atoms with Crippen LogP contribution in [0.4, 0.5) is 0 Å². The summed E-state index contributed by atoms with van der Waals surface area (Å²) in [5.74, 6) is 0.543. The molecule has 0 N–H and O–H groups in total. The van der Waals surface area contributed by atoms with Crippen molar-refractivity contribution in [3.63, 3.8) is 0 Å². The molecule has 0 amide bonds. The minimum Gasteiger partial charge on any atom is -0.493 e. The highest BCUT2D eigenvalue weighted by Gasteiger charge is 2.18. The lowest BCUT2D eigenvalue weighted by molar-refractivity contribution is 0.103. The molecule has 0 spiro atoms. The Labute approximate surface area is 123 Å². The van der Waals surface area contributed by atoms with Crippen molar-refractivity contribution >= 4 is 16.8 Å². The van der Waals surface area contributed by atoms with Gasteiger partial charge in [0.2, 0.25) is 5.78 Å². The zero-order valence-corrected chi connectivity index (χ0v) is 11.8. The maximum atomic E-state index is 12.8. The van der Waals surface area contributed by atoms with Crippen molar-refractivity contribution in [1.29, 1.82) is 0 Å². The molecule has 0 atom stereocenters. The van der Waals surface area contributed by atoms with Gasteiger partial charge in [-0.15, -0.1) is 0 Å². The predicted octanol–water partition coefficient (Wildman–Crippen LogP) is 4.45. The third kappa shape index (κ3) is 2.55. The van der Waals surface area contributed by atoms with E-state index in [1.807, 2.05) is 49.4 Å². The van der Waals surface area contributed by atoms with Gasteiger partial charge in [-0.2, -0.15) is 0 Å². The third-order valence-corrected chi connectivity index (χ3v) is 3.32. The number of carbonyl (C=O) groups excluding carboxylic acids is 1. The largest absolute Gasteiger partial charge is 0.493 e. The van der Waals surface area contributed by atoms with Crippen molar-refractivity contribution in [2.24, 2.45) is 0 Å². The van der Waals surface area contributed by atoms with Crippen molar-refractivity contribution in [2.45, 2.75) is 13.3 Å². The quantitative estimate of drug-likeness (QED) is 0.648. The molecule has 0 unspecified atom stereocenters. The zero-order chi connectivity index (χ0) is 14.7. The molecule has 3 aromatic rings. The van der Waals surface area contributed by atoms with Crippen LogP contribution in [-0.4, -0.2) is 12.4 Å². The van der Waals surface area contributed by atoms with Crippen LogP contribution in [0.25, 0.3) is 11.0 Å². The molecule has 0 aliphatic heterocycles. The molecule has 3 rings (SSSR count). The number of benzene rings is 2. The molecule has 0 fully saturated rings. The Morgan fingerprint density at radius 1 is 1.05 bits per heavy atom. The predicted molar refractivity (Wildman–Crippen MR) is 81.9 cm³/mol. The van der Waals surface area contributed by atoms with Gasteiger partial charge in [0.25, 0.3) is 0 Å². The summed E-state index contributed by atoms with van der Waals surface area (Å²) in [7, 11) is 0. The van der Waals surface area contributed by atoms with Gasteiger partial charge in [-0.1, -0.05) is 37.3 Å². The first-order valence-electron chi connectivity index (χ1n) is 7.04. The van der Waals surface area contributed by atoms with E-state index >= 15 is 0 Å². The Morgan fingerprint density at radius 3 is 2.67 bits per heavy atom. The molecule has 3 heteroatoms. The third-order valence-electron chi connectivity index (χ3n) is 3.32. The molecule has 0 aliphatic carbocycles. The highest BCUT2D eigenvalue weighted by atomic mass is 16.5. The van der Waals surface area contributed by atoms with Crippen molar-refractivity contribution in [3.8, 4) is 5.75 Å². The number of carbonyl (C=O) groups is 1. The number of fused-ring (bicyclic) bond motifs is 1. The summed E-state index contributed by atoms with van der Waals surface area (Å²) in [5, 5.41) is 0.827. The molecule has 1 heterocycles. The zero-order valence-electron chi connectivity index (χ0n) is 11.8. The van der Waals surface area contributed by atoms with Crippen molar-refractivity contribution in [3.05, 3.63) is 65.9 Å². The summed E-state index contributed by atoms with van der Waals surface area (Å²) >= 11 is 0. The first kappa shape index (κ1) is 13.4. The summed E-state index contributed by atoms with van der Waals surface area (Å²) in [6, 6.07) is 14.9. The van der Waals surface area contributed by atoms with Gasteiger partial charge in [-0.3, -0.25) is 4.79 Å². The van der Waals surface area contributed by atoms with E-state index in [1.54, 1.807) is 6.07 Å². The van der Waals surface area contributed by atoms with Crippen LogP contribution in [-0.2, 0) is 0 Å². The van der Waals surface area contributed by atoms with Gasteiger partial charge in [0.1, 0.15) is 17.6 Å². The smallest absolute Gasteiger partial charge is 0.200 e. The second-order valence-electron chi connectivity index (χ2n) is 4.82. The lowest BCUT2D eigenvalue weighted by Gasteiger charge is -2.09. The first-order valence-corrected chi connectivity index (χ1v) is 7.04. The first-order chi connectivity index (χ1) is 10.3. The molecule has 2 aromatic carbocycles. The van der Waals surface area contributed by atoms with Crippen LogP contribution in [0.3, 0.4) is 0 Å². The van der Waals surface area contributed by atoms with Crippen LogP contribution in [0.15, 0.2) is 59.2 Å². The fraction of sp³-hybridized carbons (Fsp3) is 0.167. The van der Waals surface area contributed by atoms with Gasteiger partial charge in [0, 0.05) is 5.39 Å². The molecule has 0 saturated heterocycles. The van der Waals surface area contributed by atoms with E-state index in [2.05, 4.69) is 0 Å².